The summed E-state index contributed by atoms with van der Waals surface area (Å²) in [7, 11) is 1.73. The Labute approximate surface area is 100 Å². The van der Waals surface area contributed by atoms with Crippen molar-refractivity contribution < 1.29 is 4.79 Å². The van der Waals surface area contributed by atoms with Gasteiger partial charge in [-0.05, 0) is 11.5 Å². The van der Waals surface area contributed by atoms with Crippen LogP contribution in [0.5, 0.6) is 0 Å². The van der Waals surface area contributed by atoms with Gasteiger partial charge in [0.2, 0.25) is 0 Å². The van der Waals surface area contributed by atoms with Gasteiger partial charge in [-0.1, -0.05) is 24.3 Å². The smallest absolute Gasteiger partial charge is 0.272 e. The van der Waals surface area contributed by atoms with E-state index in [0.717, 1.165) is 10.8 Å². The van der Waals surface area contributed by atoms with E-state index < -0.39 is 0 Å². The van der Waals surface area contributed by atoms with Gasteiger partial charge in [0, 0.05) is 31.7 Å². The number of likely N-dealkylation sites (N-methyl/N-ethyl adjacent to an activating group) is 1. The summed E-state index contributed by atoms with van der Waals surface area (Å²) in [6, 6.07) is 9.63. The molecule has 0 saturated carbocycles. The van der Waals surface area contributed by atoms with Crippen LogP contribution in [0.2, 0.25) is 0 Å². The first-order valence-electron chi connectivity index (χ1n) is 5.53. The molecule has 17 heavy (non-hydrogen) atoms. The minimum absolute atomic E-state index is 0.0905. The van der Waals surface area contributed by atoms with Crippen LogP contribution in [0, 0.1) is 0 Å². The van der Waals surface area contributed by atoms with E-state index in [1.807, 2.05) is 30.3 Å². The third-order valence-electron chi connectivity index (χ3n) is 2.69. The molecule has 0 fully saturated rings. The molecule has 4 nitrogen and oxygen atoms in total. The molecular weight excluding hydrogens is 214 g/mol. The lowest BCUT2D eigenvalue weighted by Crippen LogP contribution is -2.32. The van der Waals surface area contributed by atoms with Crippen molar-refractivity contribution in [1.82, 2.24) is 9.88 Å². The maximum atomic E-state index is 12.2. The number of rotatable bonds is 3. The zero-order chi connectivity index (χ0) is 12.3. The number of nitrogens with two attached hydrogens (primary N) is 1. The third kappa shape index (κ3) is 2.26. The summed E-state index contributed by atoms with van der Waals surface area (Å²) >= 11 is 0. The van der Waals surface area contributed by atoms with Crippen LogP contribution in [-0.4, -0.2) is 35.9 Å². The fraction of sp³-hybridized carbons (Fsp3) is 0.231. The van der Waals surface area contributed by atoms with Crippen molar-refractivity contribution in [3.05, 3.63) is 42.2 Å². The zero-order valence-electron chi connectivity index (χ0n) is 9.76. The van der Waals surface area contributed by atoms with Gasteiger partial charge in [0.05, 0.1) is 0 Å². The van der Waals surface area contributed by atoms with Crippen LogP contribution in [0.15, 0.2) is 36.5 Å². The first-order chi connectivity index (χ1) is 8.24. The lowest BCUT2D eigenvalue weighted by Gasteiger charge is -2.16. The number of nitrogens with zero attached hydrogens (tertiary/aromatic N) is 2. The lowest BCUT2D eigenvalue weighted by atomic mass is 10.1. The Hall–Kier alpha value is -1.94. The van der Waals surface area contributed by atoms with Crippen LogP contribution in [0.3, 0.4) is 0 Å². The van der Waals surface area contributed by atoms with Crippen molar-refractivity contribution in [2.45, 2.75) is 0 Å². The predicted molar refractivity (Wildman–Crippen MR) is 67.8 cm³/mol. The molecule has 2 aromatic rings. The number of carbonyl (C=O) groups excluding carboxylic acids is 1. The molecule has 4 heteroatoms. The maximum absolute atomic E-state index is 12.2. The molecule has 1 heterocycles. The number of hydrogen-bond acceptors (Lipinski definition) is 3. The highest BCUT2D eigenvalue weighted by Gasteiger charge is 2.15. The fourth-order valence-electron chi connectivity index (χ4n) is 1.77. The molecule has 1 aromatic heterocycles. The van der Waals surface area contributed by atoms with E-state index in [4.69, 9.17) is 5.73 Å². The Kier molecular flexibility index (Phi) is 3.35. The van der Waals surface area contributed by atoms with E-state index in [1.54, 1.807) is 18.1 Å². The van der Waals surface area contributed by atoms with Crippen molar-refractivity contribution in [3.63, 3.8) is 0 Å². The minimum atomic E-state index is -0.0905. The molecule has 0 aliphatic heterocycles. The number of carbonyl (C=O) groups is 1. The summed E-state index contributed by atoms with van der Waals surface area (Å²) in [5, 5.41) is 1.90. The van der Waals surface area contributed by atoms with Crippen molar-refractivity contribution in [1.29, 1.82) is 0 Å². The number of fused-ring (bicyclic) bond motifs is 1. The molecule has 0 atom stereocenters. The summed E-state index contributed by atoms with van der Waals surface area (Å²) in [6.45, 7) is 0.983. The molecule has 2 N–H and O–H groups in total. The lowest BCUT2D eigenvalue weighted by molar-refractivity contribution is 0.0795. The summed E-state index contributed by atoms with van der Waals surface area (Å²) in [4.78, 5) is 17.9. The minimum Gasteiger partial charge on any atom is -0.339 e. The van der Waals surface area contributed by atoms with Gasteiger partial charge in [0.15, 0.2) is 0 Å². The summed E-state index contributed by atoms with van der Waals surface area (Å²) in [6.07, 6.45) is 1.66. The van der Waals surface area contributed by atoms with Crippen LogP contribution in [0.1, 0.15) is 10.5 Å². The molecule has 0 radical (unpaired) electrons. The van der Waals surface area contributed by atoms with E-state index in [0.29, 0.717) is 18.8 Å². The van der Waals surface area contributed by atoms with E-state index in [1.165, 1.54) is 0 Å². The molecular formula is C13H15N3O. The highest BCUT2D eigenvalue weighted by molar-refractivity contribution is 6.04. The van der Waals surface area contributed by atoms with Gasteiger partial charge in [0.25, 0.3) is 5.91 Å². The van der Waals surface area contributed by atoms with E-state index in [2.05, 4.69) is 4.98 Å². The highest BCUT2D eigenvalue weighted by Crippen LogP contribution is 2.17. The van der Waals surface area contributed by atoms with Crippen molar-refractivity contribution in [2.75, 3.05) is 20.1 Å². The normalized spacial score (nSPS) is 10.5. The third-order valence-corrected chi connectivity index (χ3v) is 2.69. The van der Waals surface area contributed by atoms with Gasteiger partial charge in [0.1, 0.15) is 5.69 Å². The monoisotopic (exact) mass is 229 g/mol. The number of pyridine rings is 1. The topological polar surface area (TPSA) is 59.2 Å². The maximum Gasteiger partial charge on any atom is 0.272 e. The largest absolute Gasteiger partial charge is 0.339 e. The Balaban J connectivity index is 2.45. The average Bonchev–Trinajstić information content (AvgIpc) is 2.37. The Morgan fingerprint density at radius 2 is 2.12 bits per heavy atom. The van der Waals surface area contributed by atoms with Gasteiger partial charge in [-0.15, -0.1) is 0 Å². The van der Waals surface area contributed by atoms with Crippen molar-refractivity contribution in [2.24, 2.45) is 5.73 Å². The molecule has 1 amide bonds. The number of hydrogen-bond donors (Lipinski definition) is 1. The second-order valence-electron chi connectivity index (χ2n) is 3.90. The Morgan fingerprint density at radius 1 is 1.35 bits per heavy atom. The molecule has 0 aliphatic rings. The van der Waals surface area contributed by atoms with E-state index in [9.17, 15) is 4.79 Å². The zero-order valence-corrected chi connectivity index (χ0v) is 9.76. The van der Waals surface area contributed by atoms with E-state index in [-0.39, 0.29) is 5.91 Å². The van der Waals surface area contributed by atoms with Gasteiger partial charge in [-0.3, -0.25) is 9.78 Å². The van der Waals surface area contributed by atoms with Crippen LogP contribution >= 0.6 is 0 Å². The standard InChI is InChI=1S/C13H15N3O/c1-16(9-7-14)13(17)12-11-5-3-2-4-10(11)6-8-15-12/h2-6,8H,7,9,14H2,1H3. The summed E-state index contributed by atoms with van der Waals surface area (Å²) < 4.78 is 0. The van der Waals surface area contributed by atoms with E-state index >= 15 is 0 Å². The molecule has 1 aromatic carbocycles. The second-order valence-corrected chi connectivity index (χ2v) is 3.90. The first kappa shape index (κ1) is 11.5. The molecule has 0 aliphatic carbocycles. The van der Waals surface area contributed by atoms with Gasteiger partial charge in [-0.2, -0.15) is 0 Å². The van der Waals surface area contributed by atoms with Crippen LogP contribution < -0.4 is 5.73 Å². The molecule has 0 bridgehead atoms. The second kappa shape index (κ2) is 4.93. The molecule has 2 rings (SSSR count). The number of amides is 1. The SMILES string of the molecule is CN(CCN)C(=O)c1nccc2ccccc12. The molecule has 0 spiro atoms. The fourth-order valence-corrected chi connectivity index (χ4v) is 1.77. The highest BCUT2D eigenvalue weighted by atomic mass is 16.2. The Morgan fingerprint density at radius 3 is 2.88 bits per heavy atom. The number of benzene rings is 1. The molecule has 0 saturated heterocycles. The van der Waals surface area contributed by atoms with Gasteiger partial charge >= 0.3 is 0 Å². The summed E-state index contributed by atoms with van der Waals surface area (Å²) in [5.74, 6) is -0.0905. The molecule has 88 valence electrons. The van der Waals surface area contributed by atoms with Crippen LogP contribution in [0.4, 0.5) is 0 Å². The van der Waals surface area contributed by atoms with Crippen molar-refractivity contribution >= 4 is 16.7 Å². The predicted octanol–water partition coefficient (Wildman–Crippen LogP) is 1.27. The van der Waals surface area contributed by atoms with Gasteiger partial charge < -0.3 is 10.6 Å². The van der Waals surface area contributed by atoms with Crippen LogP contribution in [-0.2, 0) is 0 Å². The first-order valence-corrected chi connectivity index (χ1v) is 5.53. The Bertz CT molecular complexity index is 534. The van der Waals surface area contributed by atoms with Crippen molar-refractivity contribution in [3.8, 4) is 0 Å². The molecule has 0 unspecified atom stereocenters. The van der Waals surface area contributed by atoms with Gasteiger partial charge in [-0.25, -0.2) is 0 Å². The summed E-state index contributed by atoms with van der Waals surface area (Å²) in [5.41, 5.74) is 5.93. The number of aromatic nitrogens is 1. The van der Waals surface area contributed by atoms with Crippen LogP contribution in [0.25, 0.3) is 10.8 Å². The quantitative estimate of drug-likeness (QED) is 0.862. The average molecular weight is 229 g/mol.